The van der Waals surface area contributed by atoms with Crippen LogP contribution < -0.4 is 0 Å². The number of allylic oxidation sites excluding steroid dienone is 2. The fourth-order valence-electron chi connectivity index (χ4n) is 8.38. The smallest absolute Gasteiger partial charge is 0.107 e. The Kier molecular flexibility index (Phi) is 49.5. The molecule has 1 N–H and O–H groups in total. The van der Waals surface area contributed by atoms with Crippen LogP contribution in [0.3, 0.4) is 0 Å². The lowest BCUT2D eigenvalue weighted by Crippen LogP contribution is -2.36. The molecule has 55 heavy (non-hydrogen) atoms. The highest BCUT2D eigenvalue weighted by Gasteiger charge is 2.15. The third-order valence-corrected chi connectivity index (χ3v) is 12.3. The molecule has 0 saturated carbocycles. The lowest BCUT2D eigenvalue weighted by Gasteiger charge is -2.28. The first-order valence-electron chi connectivity index (χ1n) is 26.1. The van der Waals surface area contributed by atoms with Gasteiger partial charge in [0, 0.05) is 13.1 Å². The molecule has 0 rings (SSSR count). The van der Waals surface area contributed by atoms with Crippen LogP contribution in [-0.4, -0.2) is 29.3 Å². The molecule has 2 heteroatoms. The highest BCUT2D eigenvalue weighted by atomic mass is 16.3. The number of hydrogen-bond acceptors (Lipinski definition) is 2. The third kappa shape index (κ3) is 46.2. The Bertz CT molecular complexity index is 690. The second-order valence-electron chi connectivity index (χ2n) is 17.9. The molecule has 0 aromatic heterocycles. The van der Waals surface area contributed by atoms with E-state index in [0.717, 1.165) is 25.9 Å². The largest absolute Gasteiger partial charge is 0.378 e. The predicted octanol–water partition coefficient (Wildman–Crippen LogP) is 18.6. The summed E-state index contributed by atoms with van der Waals surface area (Å²) in [5.74, 6) is 0. The fraction of sp³-hybridized carbons (Fsp3) is 0.943. The Morgan fingerprint density at radius 3 is 0.964 bits per heavy atom. The zero-order chi connectivity index (χ0) is 39.8. The molecule has 0 aliphatic heterocycles. The van der Waals surface area contributed by atoms with Crippen LogP contribution >= 0.6 is 0 Å². The summed E-state index contributed by atoms with van der Waals surface area (Å²) in [4.78, 5) is 2.44. The van der Waals surface area contributed by atoms with Crippen LogP contribution in [-0.2, 0) is 0 Å². The molecule has 0 aliphatic carbocycles. The number of unbranched alkanes of at least 4 members (excludes halogenated alkanes) is 40. The van der Waals surface area contributed by atoms with Crippen molar-refractivity contribution in [3.8, 4) is 0 Å². The van der Waals surface area contributed by atoms with Gasteiger partial charge >= 0.3 is 0 Å². The lowest BCUT2D eigenvalue weighted by molar-refractivity contribution is -0.00480. The van der Waals surface area contributed by atoms with E-state index in [4.69, 9.17) is 0 Å². The Morgan fingerprint density at radius 1 is 0.309 bits per heavy atom. The van der Waals surface area contributed by atoms with E-state index in [1.54, 1.807) is 0 Å². The van der Waals surface area contributed by atoms with E-state index in [2.05, 4.69) is 44.2 Å². The quantitative estimate of drug-likeness (QED) is 0.0378. The van der Waals surface area contributed by atoms with Crippen LogP contribution in [0.25, 0.3) is 0 Å². The van der Waals surface area contributed by atoms with E-state index in [9.17, 15) is 5.11 Å². The van der Waals surface area contributed by atoms with Crippen LogP contribution in [0.1, 0.15) is 303 Å². The van der Waals surface area contributed by atoms with Gasteiger partial charge in [0.15, 0.2) is 0 Å². The van der Waals surface area contributed by atoms with Crippen LogP contribution in [0, 0.1) is 6.42 Å². The molecule has 1 radical (unpaired) electrons. The van der Waals surface area contributed by atoms with Gasteiger partial charge in [-0.2, -0.15) is 0 Å². The number of hydrogen-bond donors (Lipinski definition) is 1. The van der Waals surface area contributed by atoms with Gasteiger partial charge in [0.05, 0.1) is 0 Å². The number of aliphatic hydroxyl groups excluding tert-OH is 1. The van der Waals surface area contributed by atoms with Gasteiger partial charge in [-0.05, 0) is 57.8 Å². The van der Waals surface area contributed by atoms with E-state index in [-0.39, 0.29) is 6.23 Å². The van der Waals surface area contributed by atoms with Crippen molar-refractivity contribution in [1.29, 1.82) is 0 Å². The molecule has 1 atom stereocenters. The molecule has 0 aromatic carbocycles. The Hall–Kier alpha value is -0.340. The molecule has 0 aliphatic rings. The maximum Gasteiger partial charge on any atom is 0.107 e. The SMILES string of the molecule is CCCCCCCC/C=C\CCCCCCCC[CH]CCN(CCCCCCCCCCCCCCCC)C(O)CCCCCCCCCCCCCCC. The van der Waals surface area contributed by atoms with Crippen LogP contribution in [0.15, 0.2) is 12.2 Å². The van der Waals surface area contributed by atoms with Gasteiger partial charge in [0.2, 0.25) is 0 Å². The second kappa shape index (κ2) is 49.8. The minimum absolute atomic E-state index is 0.242. The highest BCUT2D eigenvalue weighted by Crippen LogP contribution is 2.18. The molecular formula is C53H106NO. The summed E-state index contributed by atoms with van der Waals surface area (Å²) in [7, 11) is 0. The van der Waals surface area contributed by atoms with E-state index in [0.29, 0.717) is 0 Å². The molecule has 0 saturated heterocycles. The molecule has 329 valence electrons. The molecule has 0 bridgehead atoms. The van der Waals surface area contributed by atoms with E-state index < -0.39 is 0 Å². The molecular weight excluding hydrogens is 667 g/mol. The van der Waals surface area contributed by atoms with Gasteiger partial charge in [-0.25, -0.2) is 0 Å². The van der Waals surface area contributed by atoms with Crippen molar-refractivity contribution in [3.05, 3.63) is 18.6 Å². The number of aliphatic hydroxyl groups is 1. The summed E-state index contributed by atoms with van der Waals surface area (Å²) in [5, 5.41) is 11.2. The monoisotopic (exact) mass is 773 g/mol. The topological polar surface area (TPSA) is 23.5 Å². The summed E-state index contributed by atoms with van der Waals surface area (Å²) in [6.07, 6.45) is 67.6. The lowest BCUT2D eigenvalue weighted by atomic mass is 10.0. The Labute approximate surface area is 350 Å². The Morgan fingerprint density at radius 2 is 0.600 bits per heavy atom. The standard InChI is InChI=1S/C53H106NO/c1-4-7-10-13-16-19-22-25-27-28-29-30-31-34-37-40-43-46-49-52-54(51-48-45-42-39-36-33-26-23-20-17-14-11-8-5-2)53(55)50-47-44-41-38-35-32-24-21-18-15-12-9-6-3/h25,27,46,53,55H,4-24,26,28-45,47-52H2,1-3H3/b27-25-. The minimum Gasteiger partial charge on any atom is -0.378 e. The molecule has 2 nitrogen and oxygen atoms in total. The molecule has 0 fully saturated rings. The average Bonchev–Trinajstić information content (AvgIpc) is 3.19. The molecule has 0 heterocycles. The zero-order valence-electron chi connectivity index (χ0n) is 38.7. The summed E-state index contributed by atoms with van der Waals surface area (Å²) >= 11 is 0. The Balaban J connectivity index is 4.07. The number of rotatable bonds is 49. The first-order valence-corrected chi connectivity index (χ1v) is 26.1. The van der Waals surface area contributed by atoms with Crippen LogP contribution in [0.2, 0.25) is 0 Å². The third-order valence-electron chi connectivity index (χ3n) is 12.3. The number of nitrogens with zero attached hydrogens (tertiary/aromatic N) is 1. The molecule has 0 aromatic rings. The van der Waals surface area contributed by atoms with Crippen molar-refractivity contribution in [2.75, 3.05) is 13.1 Å². The maximum absolute atomic E-state index is 11.2. The first kappa shape index (κ1) is 54.7. The molecule has 0 amide bonds. The second-order valence-corrected chi connectivity index (χ2v) is 17.9. The van der Waals surface area contributed by atoms with Crippen molar-refractivity contribution in [3.63, 3.8) is 0 Å². The first-order chi connectivity index (χ1) is 27.3. The van der Waals surface area contributed by atoms with Crippen molar-refractivity contribution in [2.24, 2.45) is 0 Å². The summed E-state index contributed by atoms with van der Waals surface area (Å²) in [6, 6.07) is 0. The summed E-state index contributed by atoms with van der Waals surface area (Å²) in [6.45, 7) is 9.04. The van der Waals surface area contributed by atoms with Gasteiger partial charge in [0.1, 0.15) is 6.23 Å². The van der Waals surface area contributed by atoms with Crippen molar-refractivity contribution in [1.82, 2.24) is 4.90 Å². The van der Waals surface area contributed by atoms with Crippen molar-refractivity contribution >= 4 is 0 Å². The van der Waals surface area contributed by atoms with Gasteiger partial charge in [-0.15, -0.1) is 0 Å². The minimum atomic E-state index is -0.242. The summed E-state index contributed by atoms with van der Waals surface area (Å²) in [5.41, 5.74) is 0. The molecule has 0 spiro atoms. The van der Waals surface area contributed by atoms with Gasteiger partial charge in [-0.3, -0.25) is 4.90 Å². The van der Waals surface area contributed by atoms with Crippen LogP contribution in [0.4, 0.5) is 0 Å². The van der Waals surface area contributed by atoms with E-state index in [1.165, 1.54) is 270 Å². The molecule has 1 unspecified atom stereocenters. The zero-order valence-corrected chi connectivity index (χ0v) is 38.7. The maximum atomic E-state index is 11.2. The summed E-state index contributed by atoms with van der Waals surface area (Å²) < 4.78 is 0. The van der Waals surface area contributed by atoms with E-state index in [1.807, 2.05) is 0 Å². The van der Waals surface area contributed by atoms with Crippen molar-refractivity contribution in [2.45, 2.75) is 310 Å². The van der Waals surface area contributed by atoms with Crippen LogP contribution in [0.5, 0.6) is 0 Å². The highest BCUT2D eigenvalue weighted by molar-refractivity contribution is 4.81. The van der Waals surface area contributed by atoms with E-state index >= 15 is 0 Å². The van der Waals surface area contributed by atoms with Gasteiger partial charge in [-0.1, -0.05) is 264 Å². The average molecular weight is 773 g/mol. The predicted molar refractivity (Wildman–Crippen MR) is 251 cm³/mol. The van der Waals surface area contributed by atoms with Crippen molar-refractivity contribution < 1.29 is 5.11 Å². The van der Waals surface area contributed by atoms with Gasteiger partial charge < -0.3 is 5.11 Å². The normalized spacial score (nSPS) is 12.5. The van der Waals surface area contributed by atoms with Gasteiger partial charge in [0.25, 0.3) is 0 Å². The fourth-order valence-corrected chi connectivity index (χ4v) is 8.38.